The van der Waals surface area contributed by atoms with Crippen LogP contribution in [0, 0.1) is 6.92 Å². The van der Waals surface area contributed by atoms with Gasteiger partial charge in [0.15, 0.2) is 11.3 Å². The molecule has 5 aromatic rings. The highest BCUT2D eigenvalue weighted by atomic mass is 35.5. The van der Waals surface area contributed by atoms with Gasteiger partial charge in [0, 0.05) is 92.8 Å². The van der Waals surface area contributed by atoms with E-state index in [1.54, 1.807) is 18.2 Å². The molecule has 0 spiro atoms. The Morgan fingerprint density at radius 1 is 0.776 bits per heavy atom. The molecule has 2 aliphatic rings. The number of nitrogens with two attached hydrogens (primary N) is 1. The quantitative estimate of drug-likeness (QED) is 0.100. The molecule has 16 heteroatoms. The van der Waals surface area contributed by atoms with Gasteiger partial charge < -0.3 is 35.9 Å². The number of hydrogen-bond acceptors (Lipinski definition) is 12. The lowest BCUT2D eigenvalue weighted by atomic mass is 10.0. The molecule has 0 aliphatic carbocycles. The molecule has 0 unspecified atom stereocenters. The molecule has 2 saturated heterocycles. The van der Waals surface area contributed by atoms with Crippen molar-refractivity contribution < 1.29 is 23.8 Å². The fourth-order valence-electron chi connectivity index (χ4n) is 7.65. The molecule has 0 radical (unpaired) electrons. The number of halogens is 1. The number of aryl methyl sites for hydroxylation is 5. The van der Waals surface area contributed by atoms with Crippen LogP contribution in [0.25, 0.3) is 22.1 Å². The number of anilines is 2. The van der Waals surface area contributed by atoms with Crippen LogP contribution in [0.15, 0.2) is 30.6 Å². The Kier molecular flexibility index (Phi) is 15.8. The average Bonchev–Trinajstić information content (AvgIpc) is 3.87. The third-order valence-corrected chi connectivity index (χ3v) is 10.7. The van der Waals surface area contributed by atoms with Gasteiger partial charge in [-0.1, -0.05) is 13.8 Å². The first kappa shape index (κ1) is 44.3. The second-order valence-electron chi connectivity index (χ2n) is 14.5. The number of methoxy groups -OCH3 is 1. The number of esters is 1. The van der Waals surface area contributed by atoms with Crippen LogP contribution in [0.3, 0.4) is 0 Å². The number of carbonyl (C=O) groups is 2. The number of benzene rings is 1. The van der Waals surface area contributed by atoms with E-state index in [1.807, 2.05) is 35.6 Å². The summed E-state index contributed by atoms with van der Waals surface area (Å²) in [7, 11) is 1.33. The van der Waals surface area contributed by atoms with E-state index in [0.717, 1.165) is 140 Å². The molecule has 7 rings (SSSR count). The van der Waals surface area contributed by atoms with E-state index in [2.05, 4.69) is 46.9 Å². The molecule has 1 amide bonds. The fourth-order valence-corrected chi connectivity index (χ4v) is 7.65. The largest absolute Gasteiger partial charge is 0.465 e. The van der Waals surface area contributed by atoms with Crippen LogP contribution in [-0.4, -0.2) is 87.0 Å². The van der Waals surface area contributed by atoms with Crippen molar-refractivity contribution in [3.63, 3.8) is 0 Å². The van der Waals surface area contributed by atoms with Crippen molar-refractivity contribution in [2.75, 3.05) is 44.2 Å². The highest BCUT2D eigenvalue weighted by Crippen LogP contribution is 2.32. The van der Waals surface area contributed by atoms with Crippen LogP contribution in [-0.2, 0) is 53.2 Å². The Morgan fingerprint density at radius 2 is 1.26 bits per heavy atom. The molecule has 314 valence electrons. The molecule has 0 bridgehead atoms. The monoisotopic (exact) mass is 818 g/mol. The maximum Gasteiger partial charge on any atom is 0.337 e. The van der Waals surface area contributed by atoms with Gasteiger partial charge in [0.2, 0.25) is 0 Å². The summed E-state index contributed by atoms with van der Waals surface area (Å²) in [6.07, 6.45) is 9.23. The summed E-state index contributed by atoms with van der Waals surface area (Å²) >= 11 is 0. The number of nitrogens with zero attached hydrogens (tertiary/aromatic N) is 6. The second kappa shape index (κ2) is 20.7. The molecule has 1 aromatic carbocycles. The standard InChI is InChI=1S/C26H33N5O4.C16H25N5O.ClH/c1-5-22-20(14-27-25(32)17-11-16(3)12-18(13-17)26(33)34-4)23(29-19-7-9-35-10-8-19)21-15-28-31(6-2)24(21)30-22;1-3-14-12(9-17)15(19-11-5-7-22-8-6-11)13-10-18-21(4-2)16(13)20-14;/h11-13,15,19H,5-10,14H2,1-4H3,(H,27,32)(H,29,30);10-11H,3-9,17H2,1-2H3,(H,19,20);1H. The predicted molar refractivity (Wildman–Crippen MR) is 229 cm³/mol. The number of fused-ring (bicyclic) bond motifs is 2. The van der Waals surface area contributed by atoms with Crippen molar-refractivity contribution in [2.45, 2.75) is 111 Å². The zero-order valence-corrected chi connectivity index (χ0v) is 35.5. The van der Waals surface area contributed by atoms with E-state index < -0.39 is 5.97 Å². The van der Waals surface area contributed by atoms with Crippen molar-refractivity contribution in [2.24, 2.45) is 5.73 Å². The van der Waals surface area contributed by atoms with E-state index in [9.17, 15) is 9.59 Å². The zero-order valence-electron chi connectivity index (χ0n) is 34.7. The Morgan fingerprint density at radius 3 is 1.72 bits per heavy atom. The molecule has 0 saturated carbocycles. The minimum Gasteiger partial charge on any atom is -0.465 e. The number of ether oxygens (including phenoxy) is 3. The minimum absolute atomic E-state index is 0. The van der Waals surface area contributed by atoms with E-state index in [0.29, 0.717) is 30.3 Å². The van der Waals surface area contributed by atoms with Crippen LogP contribution < -0.4 is 21.7 Å². The van der Waals surface area contributed by atoms with Crippen LogP contribution in [0.4, 0.5) is 11.4 Å². The molecule has 58 heavy (non-hydrogen) atoms. The molecule has 2 fully saturated rings. The maximum absolute atomic E-state index is 13.1. The van der Waals surface area contributed by atoms with Gasteiger partial charge >= 0.3 is 5.97 Å². The summed E-state index contributed by atoms with van der Waals surface area (Å²) in [6, 6.07) is 5.73. The summed E-state index contributed by atoms with van der Waals surface area (Å²) in [6.45, 7) is 15.6. The third-order valence-electron chi connectivity index (χ3n) is 10.7. The maximum atomic E-state index is 13.1. The van der Waals surface area contributed by atoms with Gasteiger partial charge in [-0.3, -0.25) is 4.79 Å². The van der Waals surface area contributed by atoms with Gasteiger partial charge in [-0.05, 0) is 83.1 Å². The Bertz CT molecular complexity index is 2180. The number of pyridine rings is 2. The average molecular weight is 819 g/mol. The summed E-state index contributed by atoms with van der Waals surface area (Å²) in [5, 5.41) is 21.5. The number of nitrogens with one attached hydrogen (secondary N) is 3. The van der Waals surface area contributed by atoms with Gasteiger partial charge in [-0.15, -0.1) is 12.4 Å². The summed E-state index contributed by atoms with van der Waals surface area (Å²) in [5.74, 6) is -0.733. The Hall–Kier alpha value is -4.83. The van der Waals surface area contributed by atoms with Crippen LogP contribution in [0.5, 0.6) is 0 Å². The number of hydrogen-bond donors (Lipinski definition) is 4. The van der Waals surface area contributed by atoms with Crippen molar-refractivity contribution in [1.82, 2.24) is 34.8 Å². The van der Waals surface area contributed by atoms with Gasteiger partial charge in [-0.2, -0.15) is 10.2 Å². The van der Waals surface area contributed by atoms with Crippen molar-refractivity contribution in [3.05, 3.63) is 69.8 Å². The zero-order chi connectivity index (χ0) is 40.5. The first-order valence-corrected chi connectivity index (χ1v) is 20.3. The first-order chi connectivity index (χ1) is 27.7. The predicted octanol–water partition coefficient (Wildman–Crippen LogP) is 6.11. The normalized spacial score (nSPS) is 14.7. The van der Waals surface area contributed by atoms with Crippen LogP contribution in [0.2, 0.25) is 0 Å². The van der Waals surface area contributed by atoms with Crippen molar-refractivity contribution in [1.29, 1.82) is 0 Å². The highest BCUT2D eigenvalue weighted by molar-refractivity contribution is 5.99. The second-order valence-corrected chi connectivity index (χ2v) is 14.5. The van der Waals surface area contributed by atoms with Crippen molar-refractivity contribution >= 4 is 57.7 Å². The fraction of sp³-hybridized carbons (Fsp3) is 0.524. The smallest absolute Gasteiger partial charge is 0.337 e. The molecule has 15 nitrogen and oxygen atoms in total. The van der Waals surface area contributed by atoms with Crippen LogP contribution >= 0.6 is 12.4 Å². The van der Waals surface area contributed by atoms with Crippen LogP contribution in [0.1, 0.15) is 102 Å². The van der Waals surface area contributed by atoms with Gasteiger partial charge in [0.1, 0.15) is 0 Å². The number of aromatic nitrogens is 6. The van der Waals surface area contributed by atoms with Gasteiger partial charge in [0.05, 0.1) is 47.2 Å². The molecular weight excluding hydrogens is 760 g/mol. The Labute approximate surface area is 346 Å². The molecule has 4 aromatic heterocycles. The first-order valence-electron chi connectivity index (χ1n) is 20.3. The lowest BCUT2D eigenvalue weighted by Gasteiger charge is -2.26. The van der Waals surface area contributed by atoms with Gasteiger partial charge in [0.25, 0.3) is 5.91 Å². The van der Waals surface area contributed by atoms with E-state index >= 15 is 0 Å². The topological polar surface area (TPSA) is 185 Å². The summed E-state index contributed by atoms with van der Waals surface area (Å²) in [4.78, 5) is 34.8. The van der Waals surface area contributed by atoms with E-state index in [-0.39, 0.29) is 24.4 Å². The van der Waals surface area contributed by atoms with Crippen molar-refractivity contribution in [3.8, 4) is 0 Å². The van der Waals surface area contributed by atoms with Gasteiger partial charge in [-0.25, -0.2) is 24.1 Å². The summed E-state index contributed by atoms with van der Waals surface area (Å²) in [5.41, 5.74) is 15.6. The lowest BCUT2D eigenvalue weighted by Crippen LogP contribution is -2.30. The van der Waals surface area contributed by atoms with E-state index in [4.69, 9.17) is 29.9 Å². The van der Waals surface area contributed by atoms with E-state index in [1.165, 1.54) is 7.11 Å². The number of rotatable bonds is 13. The highest BCUT2D eigenvalue weighted by Gasteiger charge is 2.24. The number of amides is 1. The third kappa shape index (κ3) is 9.88. The summed E-state index contributed by atoms with van der Waals surface area (Å²) < 4.78 is 19.7. The molecule has 5 N–H and O–H groups in total. The molecule has 2 aliphatic heterocycles. The molecular formula is C42H59ClN10O5. The SMILES string of the molecule is CCc1nc2c(cnn2CC)c(NC2CCOCC2)c1CN.CCc1nc2c(cnn2CC)c(NC2CCOCC2)c1CNC(=O)c1cc(C)cc(C(=O)OC)c1.Cl. The minimum atomic E-state index is -0.471. The molecule has 0 atom stereocenters. The molecule has 6 heterocycles. The Balaban J connectivity index is 0.000000240. The number of carbonyl (C=O) groups excluding carboxylic acids is 2. The lowest BCUT2D eigenvalue weighted by molar-refractivity contribution is 0.0600.